The molecule has 0 unspecified atom stereocenters. The van der Waals surface area contributed by atoms with Crippen molar-refractivity contribution in [3.63, 3.8) is 0 Å². The molecule has 0 heterocycles. The zero-order valence-electron chi connectivity index (χ0n) is 7.53. The van der Waals surface area contributed by atoms with Crippen LogP contribution in [0.5, 0.6) is 5.75 Å². The Morgan fingerprint density at radius 2 is 2.14 bits per heavy atom. The average Bonchev–Trinajstić information content (AvgIpc) is 2.07. The predicted molar refractivity (Wildman–Crippen MR) is 50.3 cm³/mol. The molecule has 0 fully saturated rings. The van der Waals surface area contributed by atoms with Crippen LogP contribution < -0.4 is 10.5 Å². The van der Waals surface area contributed by atoms with Crippen molar-refractivity contribution in [3.8, 4) is 5.75 Å². The Kier molecular flexibility index (Phi) is 2.95. The first-order valence-corrected chi connectivity index (χ1v) is 5.30. The standard InChI is InChI=1S/C8H10FNO3S/c1-2-13-7-4-3-6(10)5-8(7)14(9,11)12/h3-5H,2,10H2,1H3. The van der Waals surface area contributed by atoms with Crippen LogP contribution in [0.15, 0.2) is 23.1 Å². The molecular formula is C8H10FNO3S. The Hall–Kier alpha value is -1.30. The lowest BCUT2D eigenvalue weighted by atomic mass is 10.3. The number of benzene rings is 1. The third kappa shape index (κ3) is 2.35. The van der Waals surface area contributed by atoms with E-state index in [0.29, 0.717) is 0 Å². The van der Waals surface area contributed by atoms with Gasteiger partial charge in [-0.2, -0.15) is 8.42 Å². The lowest BCUT2D eigenvalue weighted by molar-refractivity contribution is 0.330. The van der Waals surface area contributed by atoms with Crippen LogP contribution in [0, 0.1) is 0 Å². The summed E-state index contributed by atoms with van der Waals surface area (Å²) >= 11 is 0. The number of hydrogen-bond acceptors (Lipinski definition) is 4. The molecule has 0 aromatic heterocycles. The minimum absolute atomic E-state index is 0.0239. The van der Waals surface area contributed by atoms with Crippen LogP contribution in [0.4, 0.5) is 9.57 Å². The highest BCUT2D eigenvalue weighted by Gasteiger charge is 2.18. The Labute approximate surface area is 81.7 Å². The van der Waals surface area contributed by atoms with Gasteiger partial charge in [-0.15, -0.1) is 3.89 Å². The number of ether oxygens (including phenoxy) is 1. The summed E-state index contributed by atoms with van der Waals surface area (Å²) in [6.07, 6.45) is 0. The van der Waals surface area contributed by atoms with Crippen molar-refractivity contribution in [1.29, 1.82) is 0 Å². The third-order valence-corrected chi connectivity index (χ3v) is 2.37. The highest BCUT2D eigenvalue weighted by atomic mass is 32.3. The first-order chi connectivity index (χ1) is 6.45. The SMILES string of the molecule is CCOc1ccc(N)cc1S(=O)(=O)F. The third-order valence-electron chi connectivity index (χ3n) is 1.53. The maximum Gasteiger partial charge on any atom is 0.335 e. The molecular weight excluding hydrogens is 209 g/mol. The first kappa shape index (κ1) is 10.8. The van der Waals surface area contributed by atoms with E-state index in [0.717, 1.165) is 6.07 Å². The predicted octanol–water partition coefficient (Wildman–Crippen LogP) is 1.33. The van der Waals surface area contributed by atoms with E-state index in [-0.39, 0.29) is 18.0 Å². The van der Waals surface area contributed by atoms with Gasteiger partial charge in [-0.1, -0.05) is 0 Å². The van der Waals surface area contributed by atoms with E-state index in [1.807, 2.05) is 0 Å². The normalized spacial score (nSPS) is 11.3. The number of anilines is 1. The highest BCUT2D eigenvalue weighted by molar-refractivity contribution is 7.86. The Morgan fingerprint density at radius 3 is 2.64 bits per heavy atom. The van der Waals surface area contributed by atoms with Gasteiger partial charge in [0.15, 0.2) is 0 Å². The lowest BCUT2D eigenvalue weighted by Gasteiger charge is -2.07. The quantitative estimate of drug-likeness (QED) is 0.615. The second-order valence-electron chi connectivity index (χ2n) is 2.58. The van der Waals surface area contributed by atoms with E-state index in [1.54, 1.807) is 6.92 Å². The topological polar surface area (TPSA) is 69.4 Å². The molecule has 0 aliphatic carbocycles. The first-order valence-electron chi connectivity index (χ1n) is 3.92. The van der Waals surface area contributed by atoms with E-state index >= 15 is 0 Å². The van der Waals surface area contributed by atoms with Crippen molar-refractivity contribution in [2.45, 2.75) is 11.8 Å². The molecule has 1 rings (SSSR count). The maximum absolute atomic E-state index is 12.7. The largest absolute Gasteiger partial charge is 0.492 e. The fourth-order valence-corrected chi connectivity index (χ4v) is 1.63. The molecule has 2 N–H and O–H groups in total. The molecule has 1 aromatic carbocycles. The molecule has 14 heavy (non-hydrogen) atoms. The number of nitrogen functional groups attached to an aromatic ring is 1. The van der Waals surface area contributed by atoms with E-state index in [1.165, 1.54) is 12.1 Å². The molecule has 0 aliphatic heterocycles. The number of rotatable bonds is 3. The fourth-order valence-electron chi connectivity index (χ4n) is 0.990. The van der Waals surface area contributed by atoms with Crippen LogP contribution in [-0.2, 0) is 10.2 Å². The van der Waals surface area contributed by atoms with Crippen molar-refractivity contribution >= 4 is 15.9 Å². The minimum Gasteiger partial charge on any atom is -0.492 e. The summed E-state index contributed by atoms with van der Waals surface area (Å²) in [6, 6.07) is 3.80. The van der Waals surface area contributed by atoms with Crippen molar-refractivity contribution in [1.82, 2.24) is 0 Å². The van der Waals surface area contributed by atoms with Gasteiger partial charge in [0.2, 0.25) is 0 Å². The fraction of sp³-hybridized carbons (Fsp3) is 0.250. The molecule has 0 bridgehead atoms. The molecule has 0 amide bonds. The summed E-state index contributed by atoms with van der Waals surface area (Å²) in [7, 11) is -4.78. The van der Waals surface area contributed by atoms with Crippen LogP contribution in [0.1, 0.15) is 6.92 Å². The molecule has 6 heteroatoms. The second kappa shape index (κ2) is 3.83. The van der Waals surface area contributed by atoms with Crippen molar-refractivity contribution in [2.24, 2.45) is 0 Å². The molecule has 1 aromatic rings. The summed E-state index contributed by atoms with van der Waals surface area (Å²) in [5.41, 5.74) is 5.50. The maximum atomic E-state index is 12.7. The lowest BCUT2D eigenvalue weighted by Crippen LogP contribution is -2.01. The van der Waals surface area contributed by atoms with Crippen LogP contribution in [0.3, 0.4) is 0 Å². The smallest absolute Gasteiger partial charge is 0.335 e. The average molecular weight is 219 g/mol. The number of nitrogens with two attached hydrogens (primary N) is 1. The van der Waals surface area contributed by atoms with Gasteiger partial charge in [0.05, 0.1) is 6.61 Å². The van der Waals surface area contributed by atoms with E-state index in [2.05, 4.69) is 0 Å². The molecule has 0 saturated carbocycles. The zero-order chi connectivity index (χ0) is 10.8. The Morgan fingerprint density at radius 1 is 1.50 bits per heavy atom. The molecule has 0 aliphatic rings. The zero-order valence-corrected chi connectivity index (χ0v) is 8.34. The molecule has 0 saturated heterocycles. The van der Waals surface area contributed by atoms with E-state index < -0.39 is 15.1 Å². The van der Waals surface area contributed by atoms with Gasteiger partial charge in [0.1, 0.15) is 10.6 Å². The van der Waals surface area contributed by atoms with Crippen molar-refractivity contribution in [3.05, 3.63) is 18.2 Å². The van der Waals surface area contributed by atoms with Gasteiger partial charge >= 0.3 is 10.2 Å². The van der Waals surface area contributed by atoms with Gasteiger partial charge in [0, 0.05) is 5.69 Å². The van der Waals surface area contributed by atoms with Crippen molar-refractivity contribution in [2.75, 3.05) is 12.3 Å². The highest BCUT2D eigenvalue weighted by Crippen LogP contribution is 2.27. The summed E-state index contributed by atoms with van der Waals surface area (Å²) < 4.78 is 39.0. The van der Waals surface area contributed by atoms with Gasteiger partial charge in [0.25, 0.3) is 0 Å². The molecule has 0 radical (unpaired) electrons. The summed E-state index contributed by atoms with van der Waals surface area (Å²) in [5.74, 6) is -0.0239. The van der Waals surface area contributed by atoms with Crippen LogP contribution in [0.2, 0.25) is 0 Å². The molecule has 0 atom stereocenters. The van der Waals surface area contributed by atoms with Crippen LogP contribution in [0.25, 0.3) is 0 Å². The van der Waals surface area contributed by atoms with Gasteiger partial charge in [-0.3, -0.25) is 0 Å². The molecule has 0 spiro atoms. The monoisotopic (exact) mass is 219 g/mol. The second-order valence-corrected chi connectivity index (χ2v) is 3.89. The summed E-state index contributed by atoms with van der Waals surface area (Å²) in [6.45, 7) is 1.93. The minimum atomic E-state index is -4.78. The summed E-state index contributed by atoms with van der Waals surface area (Å²) in [5, 5.41) is 0. The van der Waals surface area contributed by atoms with Gasteiger partial charge < -0.3 is 10.5 Å². The Bertz CT molecular complexity index is 430. The Balaban J connectivity index is 3.30. The van der Waals surface area contributed by atoms with E-state index in [4.69, 9.17) is 10.5 Å². The number of hydrogen-bond donors (Lipinski definition) is 1. The van der Waals surface area contributed by atoms with E-state index in [9.17, 15) is 12.3 Å². The van der Waals surface area contributed by atoms with Gasteiger partial charge in [-0.25, -0.2) is 0 Å². The van der Waals surface area contributed by atoms with Crippen LogP contribution in [-0.4, -0.2) is 15.0 Å². The van der Waals surface area contributed by atoms with Crippen LogP contribution >= 0.6 is 0 Å². The molecule has 4 nitrogen and oxygen atoms in total. The summed E-state index contributed by atoms with van der Waals surface area (Å²) in [4.78, 5) is -0.528. The molecule has 78 valence electrons. The van der Waals surface area contributed by atoms with Gasteiger partial charge in [-0.05, 0) is 25.1 Å². The number of halogens is 1. The van der Waals surface area contributed by atoms with Crippen molar-refractivity contribution < 1.29 is 17.0 Å².